The lowest BCUT2D eigenvalue weighted by molar-refractivity contribution is -0.386. The Morgan fingerprint density at radius 1 is 1.44 bits per heavy atom. The first-order valence-corrected chi connectivity index (χ1v) is 4.36. The van der Waals surface area contributed by atoms with Crippen molar-refractivity contribution in [3.05, 3.63) is 16.3 Å². The summed E-state index contributed by atoms with van der Waals surface area (Å²) in [5, 5.41) is 10.5. The molecule has 0 saturated heterocycles. The third-order valence-corrected chi connectivity index (χ3v) is 1.62. The molecule has 0 spiro atoms. The molecule has 88 valence electrons. The maximum absolute atomic E-state index is 10.5. The summed E-state index contributed by atoms with van der Waals surface area (Å²) < 4.78 is 14.6. The average molecular weight is 229 g/mol. The van der Waals surface area contributed by atoms with Crippen LogP contribution in [0.1, 0.15) is 0 Å². The molecule has 0 aliphatic heterocycles. The van der Waals surface area contributed by atoms with Crippen molar-refractivity contribution in [2.24, 2.45) is 0 Å². The van der Waals surface area contributed by atoms with E-state index in [2.05, 4.69) is 9.97 Å². The molecule has 0 radical (unpaired) electrons. The van der Waals surface area contributed by atoms with E-state index in [4.69, 9.17) is 14.2 Å². The maximum Gasteiger partial charge on any atom is 0.349 e. The molecule has 1 rings (SSSR count). The van der Waals surface area contributed by atoms with E-state index in [0.29, 0.717) is 6.61 Å². The van der Waals surface area contributed by atoms with Gasteiger partial charge in [-0.3, -0.25) is 10.1 Å². The number of methoxy groups -OCH3 is 2. The van der Waals surface area contributed by atoms with Crippen molar-refractivity contribution in [1.82, 2.24) is 9.97 Å². The Kier molecular flexibility index (Phi) is 4.40. The molecule has 0 atom stereocenters. The van der Waals surface area contributed by atoms with Gasteiger partial charge in [-0.15, -0.1) is 0 Å². The molecular weight excluding hydrogens is 218 g/mol. The van der Waals surface area contributed by atoms with Crippen LogP contribution in [0.3, 0.4) is 0 Å². The number of aromatic nitrogens is 2. The molecule has 0 bridgehead atoms. The molecule has 0 amide bonds. The lowest BCUT2D eigenvalue weighted by Crippen LogP contribution is -2.07. The van der Waals surface area contributed by atoms with E-state index in [0.717, 1.165) is 6.20 Å². The molecule has 1 aromatic rings. The van der Waals surface area contributed by atoms with Crippen molar-refractivity contribution in [2.75, 3.05) is 27.4 Å². The van der Waals surface area contributed by atoms with Crippen LogP contribution in [0.4, 0.5) is 5.69 Å². The van der Waals surface area contributed by atoms with E-state index in [1.807, 2.05) is 0 Å². The van der Waals surface area contributed by atoms with Crippen molar-refractivity contribution in [3.63, 3.8) is 0 Å². The first kappa shape index (κ1) is 12.1. The fourth-order valence-electron chi connectivity index (χ4n) is 0.906. The second kappa shape index (κ2) is 5.81. The Morgan fingerprint density at radius 2 is 2.19 bits per heavy atom. The largest absolute Gasteiger partial charge is 0.476 e. The van der Waals surface area contributed by atoms with Crippen LogP contribution in [-0.2, 0) is 4.74 Å². The summed E-state index contributed by atoms with van der Waals surface area (Å²) in [5.41, 5.74) is -0.304. The number of nitrogens with zero attached hydrogens (tertiary/aromatic N) is 3. The van der Waals surface area contributed by atoms with Gasteiger partial charge in [0, 0.05) is 7.11 Å². The monoisotopic (exact) mass is 229 g/mol. The summed E-state index contributed by atoms with van der Waals surface area (Å²) in [6.45, 7) is 0.639. The summed E-state index contributed by atoms with van der Waals surface area (Å²) in [4.78, 5) is 17.3. The fraction of sp³-hybridized carbons (Fsp3) is 0.500. The van der Waals surface area contributed by atoms with Crippen LogP contribution < -0.4 is 9.47 Å². The van der Waals surface area contributed by atoms with Gasteiger partial charge in [0.25, 0.3) is 5.88 Å². The smallest absolute Gasteiger partial charge is 0.349 e. The van der Waals surface area contributed by atoms with Gasteiger partial charge < -0.3 is 14.2 Å². The summed E-state index contributed by atoms with van der Waals surface area (Å²) in [7, 11) is 2.81. The summed E-state index contributed by atoms with van der Waals surface area (Å²) in [5.74, 6) is -0.132. The molecule has 1 heterocycles. The zero-order chi connectivity index (χ0) is 12.0. The minimum Gasteiger partial charge on any atom is -0.476 e. The highest BCUT2D eigenvalue weighted by Gasteiger charge is 2.18. The van der Waals surface area contributed by atoms with Crippen LogP contribution in [0.5, 0.6) is 11.9 Å². The van der Waals surface area contributed by atoms with Crippen molar-refractivity contribution in [3.8, 4) is 11.9 Å². The fourth-order valence-corrected chi connectivity index (χ4v) is 0.906. The SMILES string of the molecule is COCCOc1ncc([N+](=O)[O-])c(OC)n1. The van der Waals surface area contributed by atoms with Crippen LogP contribution >= 0.6 is 0 Å². The van der Waals surface area contributed by atoms with Gasteiger partial charge in [-0.1, -0.05) is 0 Å². The highest BCUT2D eigenvalue weighted by atomic mass is 16.6. The summed E-state index contributed by atoms with van der Waals surface area (Å²) in [6, 6.07) is 0.0134. The highest BCUT2D eigenvalue weighted by molar-refractivity contribution is 5.38. The minimum atomic E-state index is -0.627. The van der Waals surface area contributed by atoms with Crippen molar-refractivity contribution >= 4 is 5.69 Å². The topological polar surface area (TPSA) is 96.6 Å². The van der Waals surface area contributed by atoms with E-state index in [-0.39, 0.29) is 24.2 Å². The number of rotatable bonds is 6. The van der Waals surface area contributed by atoms with Crippen molar-refractivity contribution in [1.29, 1.82) is 0 Å². The van der Waals surface area contributed by atoms with Gasteiger partial charge in [-0.05, 0) is 0 Å². The first-order chi connectivity index (χ1) is 7.69. The van der Waals surface area contributed by atoms with Crippen LogP contribution in [0.15, 0.2) is 6.20 Å². The Bertz CT molecular complexity index is 371. The zero-order valence-electron chi connectivity index (χ0n) is 8.87. The predicted molar refractivity (Wildman–Crippen MR) is 52.6 cm³/mol. The van der Waals surface area contributed by atoms with Gasteiger partial charge in [0.2, 0.25) is 0 Å². The molecular formula is C8H11N3O5. The van der Waals surface area contributed by atoms with Crippen molar-refractivity contribution < 1.29 is 19.1 Å². The zero-order valence-corrected chi connectivity index (χ0v) is 8.87. The molecule has 8 heteroatoms. The van der Waals surface area contributed by atoms with Gasteiger partial charge in [-0.2, -0.15) is 9.97 Å². The Labute approximate surface area is 91.3 Å². The van der Waals surface area contributed by atoms with E-state index in [9.17, 15) is 10.1 Å². The standard InChI is InChI=1S/C8H11N3O5/c1-14-3-4-16-8-9-5-6(11(12)13)7(10-8)15-2/h5H,3-4H2,1-2H3. The van der Waals surface area contributed by atoms with E-state index >= 15 is 0 Å². The first-order valence-electron chi connectivity index (χ1n) is 4.36. The molecule has 1 aromatic heterocycles. The second-order valence-electron chi connectivity index (χ2n) is 2.65. The number of hydrogen-bond acceptors (Lipinski definition) is 7. The van der Waals surface area contributed by atoms with Gasteiger partial charge in [0.15, 0.2) is 0 Å². The van der Waals surface area contributed by atoms with Crippen molar-refractivity contribution in [2.45, 2.75) is 0 Å². The average Bonchev–Trinajstić information content (AvgIpc) is 2.29. The number of nitro groups is 1. The van der Waals surface area contributed by atoms with E-state index in [1.54, 1.807) is 0 Å². The summed E-state index contributed by atoms with van der Waals surface area (Å²) in [6.07, 6.45) is 1.04. The third-order valence-electron chi connectivity index (χ3n) is 1.62. The number of hydrogen-bond donors (Lipinski definition) is 0. The molecule has 0 aliphatic carbocycles. The van der Waals surface area contributed by atoms with Gasteiger partial charge in [-0.25, -0.2) is 0 Å². The molecule has 0 aliphatic rings. The van der Waals surface area contributed by atoms with Crippen LogP contribution in [0.2, 0.25) is 0 Å². The van der Waals surface area contributed by atoms with E-state index < -0.39 is 4.92 Å². The second-order valence-corrected chi connectivity index (χ2v) is 2.65. The quantitative estimate of drug-likeness (QED) is 0.396. The normalized spacial score (nSPS) is 9.88. The Morgan fingerprint density at radius 3 is 2.75 bits per heavy atom. The minimum absolute atomic E-state index is 0.0134. The van der Waals surface area contributed by atoms with Crippen LogP contribution in [0, 0.1) is 10.1 Å². The summed E-state index contributed by atoms with van der Waals surface area (Å²) >= 11 is 0. The van der Waals surface area contributed by atoms with Gasteiger partial charge in [0.05, 0.1) is 18.6 Å². The van der Waals surface area contributed by atoms with Crippen LogP contribution in [-0.4, -0.2) is 42.3 Å². The Balaban J connectivity index is 2.78. The molecule has 0 fully saturated rings. The van der Waals surface area contributed by atoms with Gasteiger partial charge in [0.1, 0.15) is 12.8 Å². The highest BCUT2D eigenvalue weighted by Crippen LogP contribution is 2.24. The molecule has 0 aromatic carbocycles. The lowest BCUT2D eigenvalue weighted by Gasteiger charge is -2.04. The molecule has 0 unspecified atom stereocenters. The maximum atomic E-state index is 10.5. The van der Waals surface area contributed by atoms with Crippen LogP contribution in [0.25, 0.3) is 0 Å². The molecule has 0 N–H and O–H groups in total. The Hall–Kier alpha value is -1.96. The third kappa shape index (κ3) is 3.02. The number of ether oxygens (including phenoxy) is 3. The molecule has 0 saturated carbocycles. The molecule has 16 heavy (non-hydrogen) atoms. The lowest BCUT2D eigenvalue weighted by atomic mass is 10.5. The van der Waals surface area contributed by atoms with Gasteiger partial charge >= 0.3 is 11.7 Å². The predicted octanol–water partition coefficient (Wildman–Crippen LogP) is 0.419. The van der Waals surface area contributed by atoms with E-state index in [1.165, 1.54) is 14.2 Å². The molecule has 8 nitrogen and oxygen atoms in total.